The molecule has 0 unspecified atom stereocenters. The summed E-state index contributed by atoms with van der Waals surface area (Å²) in [5.41, 5.74) is 5.10. The maximum Gasteiger partial charge on any atom is 0.229 e. The zero-order valence-electron chi connectivity index (χ0n) is 21.6. The monoisotopic (exact) mass is 519 g/mol. The fraction of sp³-hybridized carbons (Fsp3) is 0.321. The van der Waals surface area contributed by atoms with Gasteiger partial charge in [-0.1, -0.05) is 0 Å². The zero-order valence-corrected chi connectivity index (χ0v) is 22.4. The Labute approximate surface area is 219 Å². The molecule has 0 N–H and O–H groups in total. The van der Waals surface area contributed by atoms with Crippen molar-refractivity contribution in [2.24, 2.45) is 0 Å². The van der Waals surface area contributed by atoms with Crippen LogP contribution in [0.25, 0.3) is 22.2 Å². The minimum absolute atomic E-state index is 0.0180. The van der Waals surface area contributed by atoms with Crippen LogP contribution in [-0.4, -0.2) is 55.3 Å². The topological polar surface area (TPSA) is 83.0 Å². The Morgan fingerprint density at radius 2 is 1.84 bits per heavy atom. The van der Waals surface area contributed by atoms with Gasteiger partial charge in [0.25, 0.3) is 0 Å². The van der Waals surface area contributed by atoms with Crippen molar-refractivity contribution in [2.75, 3.05) is 34.5 Å². The van der Waals surface area contributed by atoms with Gasteiger partial charge in [-0.05, 0) is 43.7 Å². The molecule has 8 nitrogen and oxygen atoms in total. The molecule has 0 atom stereocenters. The van der Waals surface area contributed by atoms with Gasteiger partial charge in [-0.25, -0.2) is 9.97 Å². The average Bonchev–Trinajstić information content (AvgIpc) is 3.18. The first-order valence-corrected chi connectivity index (χ1v) is 12.8. The number of aryl methyl sites for hydroxylation is 2. The normalized spacial score (nSPS) is 13.1. The van der Waals surface area contributed by atoms with Crippen LogP contribution in [0.15, 0.2) is 35.7 Å². The molecule has 1 aliphatic heterocycles. The zero-order chi connectivity index (χ0) is 26.1. The van der Waals surface area contributed by atoms with E-state index in [0.29, 0.717) is 42.7 Å². The maximum absolute atomic E-state index is 13.1. The van der Waals surface area contributed by atoms with Gasteiger partial charge in [0.05, 0.1) is 50.7 Å². The number of rotatable bonds is 6. The van der Waals surface area contributed by atoms with Crippen LogP contribution in [0.4, 0.5) is 0 Å². The van der Waals surface area contributed by atoms with Crippen LogP contribution in [0, 0.1) is 13.8 Å². The molecule has 0 bridgehead atoms. The first-order chi connectivity index (χ1) is 17.9. The van der Waals surface area contributed by atoms with Gasteiger partial charge >= 0.3 is 0 Å². The number of aromatic nitrogens is 2. The molecule has 0 spiro atoms. The number of carbonyl (C=O) groups excluding carboxylic acids is 1. The fourth-order valence-electron chi connectivity index (χ4n) is 4.61. The van der Waals surface area contributed by atoms with Gasteiger partial charge < -0.3 is 23.8 Å². The number of hydrogen-bond donors (Lipinski definition) is 0. The summed E-state index contributed by atoms with van der Waals surface area (Å²) in [7, 11) is 4.88. The number of thiazole rings is 1. The highest BCUT2D eigenvalue weighted by Crippen LogP contribution is 2.40. The van der Waals surface area contributed by atoms with Crippen LogP contribution < -0.4 is 18.9 Å². The third-order valence-corrected chi connectivity index (χ3v) is 7.30. The predicted molar refractivity (Wildman–Crippen MR) is 143 cm³/mol. The Hall–Kier alpha value is -3.85. The van der Waals surface area contributed by atoms with Gasteiger partial charge in [-0.2, -0.15) is 0 Å². The van der Waals surface area contributed by atoms with Gasteiger partial charge in [0.15, 0.2) is 11.5 Å². The van der Waals surface area contributed by atoms with E-state index in [1.54, 1.807) is 32.7 Å². The number of nitrogens with zero attached hydrogens (tertiary/aromatic N) is 3. The molecule has 3 heterocycles. The van der Waals surface area contributed by atoms with Gasteiger partial charge in [-0.15, -0.1) is 11.3 Å². The molecule has 37 heavy (non-hydrogen) atoms. The van der Waals surface area contributed by atoms with Crippen molar-refractivity contribution in [3.8, 4) is 34.3 Å². The van der Waals surface area contributed by atoms with E-state index in [0.717, 1.165) is 44.0 Å². The summed E-state index contributed by atoms with van der Waals surface area (Å²) in [5, 5.41) is 3.85. The third-order valence-electron chi connectivity index (χ3n) is 6.48. The number of pyridine rings is 1. The average molecular weight is 520 g/mol. The lowest BCUT2D eigenvalue weighted by molar-refractivity contribution is -0.131. The van der Waals surface area contributed by atoms with Crippen molar-refractivity contribution < 1.29 is 23.7 Å². The summed E-state index contributed by atoms with van der Waals surface area (Å²) < 4.78 is 22.8. The molecule has 2 aromatic heterocycles. The highest BCUT2D eigenvalue weighted by atomic mass is 32.1. The lowest BCUT2D eigenvalue weighted by Gasteiger charge is -2.20. The molecule has 0 saturated heterocycles. The molecule has 2 aromatic carbocycles. The Morgan fingerprint density at radius 3 is 2.54 bits per heavy atom. The molecule has 9 heteroatoms. The van der Waals surface area contributed by atoms with Gasteiger partial charge in [-0.3, -0.25) is 4.79 Å². The molecule has 4 aromatic rings. The summed E-state index contributed by atoms with van der Waals surface area (Å²) in [6.07, 6.45) is 0.269. The fourth-order valence-corrected chi connectivity index (χ4v) is 5.22. The molecular formula is C28H29N3O5S. The molecule has 192 valence electrons. The van der Waals surface area contributed by atoms with Crippen LogP contribution in [0.3, 0.4) is 0 Å². The Bertz CT molecular complexity index is 1480. The number of amides is 1. The Morgan fingerprint density at radius 1 is 1.03 bits per heavy atom. The van der Waals surface area contributed by atoms with E-state index in [9.17, 15) is 4.79 Å². The second-order valence-corrected chi connectivity index (χ2v) is 9.98. The molecule has 1 aliphatic rings. The van der Waals surface area contributed by atoms with Gasteiger partial charge in [0, 0.05) is 34.5 Å². The lowest BCUT2D eigenvalue weighted by atomic mass is 10.0. The van der Waals surface area contributed by atoms with Gasteiger partial charge in [0.2, 0.25) is 5.91 Å². The highest BCUT2D eigenvalue weighted by Gasteiger charge is 2.24. The first-order valence-electron chi connectivity index (χ1n) is 12.0. The molecule has 1 amide bonds. The molecule has 0 radical (unpaired) electrons. The van der Waals surface area contributed by atoms with Gasteiger partial charge in [0.1, 0.15) is 23.6 Å². The lowest BCUT2D eigenvalue weighted by Crippen LogP contribution is -2.33. The van der Waals surface area contributed by atoms with Crippen molar-refractivity contribution in [1.29, 1.82) is 0 Å². The predicted octanol–water partition coefficient (Wildman–Crippen LogP) is 4.96. The second kappa shape index (κ2) is 10.3. The largest absolute Gasteiger partial charge is 0.497 e. The number of carbonyl (C=O) groups is 1. The standard InChI is InChI=1S/C28H29N3O5S/c1-16-8-23(30-27-22(16)12-21(33-3)13-24(27)34-4)18-9-19-14-31(6-7-36-28(19)25(10-18)35-5)26(32)11-20-15-37-17(2)29-20/h8-10,12-13,15H,6-7,11,14H2,1-5H3. The Balaban J connectivity index is 1.54. The SMILES string of the molecule is COc1cc(OC)c2nc(-c3cc4c(c(OC)c3)OCCN(C(=O)Cc3csc(C)n3)C4)cc(C)c2c1. The van der Waals surface area contributed by atoms with E-state index in [1.807, 2.05) is 54.5 Å². The van der Waals surface area contributed by atoms with Crippen molar-refractivity contribution in [2.45, 2.75) is 26.8 Å². The molecule has 0 saturated carbocycles. The number of methoxy groups -OCH3 is 3. The van der Waals surface area contributed by atoms with Crippen LogP contribution in [0.1, 0.15) is 21.8 Å². The number of ether oxygens (including phenoxy) is 4. The van der Waals surface area contributed by atoms with E-state index >= 15 is 0 Å². The number of benzene rings is 2. The summed E-state index contributed by atoms with van der Waals surface area (Å²) in [6, 6.07) is 9.78. The van der Waals surface area contributed by atoms with E-state index in [1.165, 1.54) is 0 Å². The summed E-state index contributed by atoms with van der Waals surface area (Å²) in [6.45, 7) is 5.26. The van der Waals surface area contributed by atoms with E-state index < -0.39 is 0 Å². The highest BCUT2D eigenvalue weighted by molar-refractivity contribution is 7.09. The van der Waals surface area contributed by atoms with Crippen LogP contribution in [0.5, 0.6) is 23.0 Å². The minimum atomic E-state index is 0.0180. The molecule has 0 fully saturated rings. The van der Waals surface area contributed by atoms with Crippen molar-refractivity contribution in [1.82, 2.24) is 14.9 Å². The minimum Gasteiger partial charge on any atom is -0.497 e. The molecular weight excluding hydrogens is 490 g/mol. The van der Waals surface area contributed by atoms with E-state index in [2.05, 4.69) is 4.98 Å². The van der Waals surface area contributed by atoms with E-state index in [-0.39, 0.29) is 12.3 Å². The second-order valence-electron chi connectivity index (χ2n) is 8.92. The molecule has 5 rings (SSSR count). The summed E-state index contributed by atoms with van der Waals surface area (Å²) in [5.74, 6) is 2.63. The summed E-state index contributed by atoms with van der Waals surface area (Å²) in [4.78, 5) is 24.3. The molecule has 0 aliphatic carbocycles. The maximum atomic E-state index is 13.1. The van der Waals surface area contributed by atoms with Crippen LogP contribution >= 0.6 is 11.3 Å². The van der Waals surface area contributed by atoms with Crippen molar-refractivity contribution in [3.05, 3.63) is 57.5 Å². The van der Waals surface area contributed by atoms with Crippen LogP contribution in [-0.2, 0) is 17.8 Å². The first kappa shape index (κ1) is 24.8. The quantitative estimate of drug-likeness (QED) is 0.356. The third kappa shape index (κ3) is 4.91. The van der Waals surface area contributed by atoms with Crippen molar-refractivity contribution >= 4 is 28.1 Å². The Kier molecular flexibility index (Phi) is 6.88. The number of hydrogen-bond acceptors (Lipinski definition) is 8. The smallest absolute Gasteiger partial charge is 0.229 e. The summed E-state index contributed by atoms with van der Waals surface area (Å²) >= 11 is 1.55. The van der Waals surface area contributed by atoms with Crippen molar-refractivity contribution in [3.63, 3.8) is 0 Å². The van der Waals surface area contributed by atoms with E-state index in [4.69, 9.17) is 23.9 Å². The van der Waals surface area contributed by atoms with Crippen LogP contribution in [0.2, 0.25) is 0 Å². The number of fused-ring (bicyclic) bond motifs is 2.